The molecule has 0 spiro atoms. The van der Waals surface area contributed by atoms with Gasteiger partial charge in [-0.1, -0.05) is 11.6 Å². The monoisotopic (exact) mass is 635 g/mol. The van der Waals surface area contributed by atoms with Crippen LogP contribution in [0.3, 0.4) is 0 Å². The van der Waals surface area contributed by atoms with E-state index in [1.165, 1.54) is 19.1 Å². The van der Waals surface area contributed by atoms with Crippen molar-refractivity contribution in [2.24, 2.45) is 21.5 Å². The molecule has 0 atom stereocenters. The van der Waals surface area contributed by atoms with Gasteiger partial charge in [0.1, 0.15) is 11.4 Å². The number of ether oxygens (including phenoxy) is 1. The first-order chi connectivity index (χ1) is 18.9. The summed E-state index contributed by atoms with van der Waals surface area (Å²) in [5.41, 5.74) is 12.0. The predicted molar refractivity (Wildman–Crippen MR) is 155 cm³/mol. The highest BCUT2D eigenvalue weighted by molar-refractivity contribution is 7.86. The van der Waals surface area contributed by atoms with E-state index in [1.54, 1.807) is 23.1 Å². The summed E-state index contributed by atoms with van der Waals surface area (Å²) in [5, 5.41) is 5.51. The number of halogens is 2. The Kier molecular flexibility index (Phi) is 11.3. The van der Waals surface area contributed by atoms with Crippen LogP contribution in [0.25, 0.3) is 0 Å². The van der Waals surface area contributed by atoms with Crippen LogP contribution in [0.5, 0.6) is 5.75 Å². The number of benzene rings is 2. The molecule has 0 fully saturated rings. The molecule has 3 rings (SSSR count). The highest BCUT2D eigenvalue weighted by atomic mass is 35.5. The van der Waals surface area contributed by atoms with Crippen LogP contribution in [0.1, 0.15) is 27.2 Å². The number of nitrogens with one attached hydrogen (secondary N) is 2. The molecule has 1 aliphatic heterocycles. The lowest BCUT2D eigenvalue weighted by Crippen LogP contribution is -2.54. The number of nitrogens with two attached hydrogens (primary N) is 2. The Morgan fingerprint density at radius 1 is 1.15 bits per heavy atom. The third kappa shape index (κ3) is 10.7. The number of hydrogen-bond acceptors (Lipinski definition) is 11. The first-order valence-electron chi connectivity index (χ1n) is 11.9. The highest BCUT2D eigenvalue weighted by Gasteiger charge is 2.33. The average molecular weight is 636 g/mol. The summed E-state index contributed by atoms with van der Waals surface area (Å²) in [6.07, 6.45) is 0.483. The molecule has 0 radical (unpaired) electrons. The van der Waals surface area contributed by atoms with Crippen molar-refractivity contribution < 1.29 is 34.8 Å². The molecule has 0 bridgehead atoms. The number of nitrogens with zero attached hydrogens (tertiary/aromatic N) is 3. The summed E-state index contributed by atoms with van der Waals surface area (Å²) >= 11 is 6.38. The van der Waals surface area contributed by atoms with Crippen molar-refractivity contribution in [3.05, 3.63) is 47.5 Å². The van der Waals surface area contributed by atoms with E-state index < -0.39 is 36.9 Å². The smallest absolute Gasteiger partial charge is 0.332 e. The third-order valence-electron chi connectivity index (χ3n) is 5.19. The summed E-state index contributed by atoms with van der Waals surface area (Å²) in [7, 11) is -8.45. The standard InChI is InChI=1S/C21H25ClFN7O4S.C2H6O3S/c1-21(2)29-18(24)28-19(25)30(21)14-6-9-17(16(22)12-14)34-11-3-10-26-20(31)27-13-4-7-15(8-5-13)35(23,32)33;1-2-6(3,4)5/h4-9,12H,3,10-11H2,1-2H3,(H2,26,27,31)(H4,24,25,28,29);2H2,1H3,(H,3,4,5). The van der Waals surface area contributed by atoms with Gasteiger partial charge in [0.25, 0.3) is 10.1 Å². The number of urea groups is 1. The quantitative estimate of drug-likeness (QED) is 0.154. The molecule has 2 aromatic carbocycles. The molecule has 0 saturated heterocycles. The van der Waals surface area contributed by atoms with E-state index in [9.17, 15) is 25.5 Å². The lowest BCUT2D eigenvalue weighted by atomic mass is 10.1. The molecule has 0 aliphatic carbocycles. The van der Waals surface area contributed by atoms with E-state index in [2.05, 4.69) is 20.6 Å². The molecule has 0 saturated carbocycles. The Morgan fingerprint density at radius 2 is 1.76 bits per heavy atom. The summed E-state index contributed by atoms with van der Waals surface area (Å²) in [6, 6.07) is 9.34. The molecule has 2 aromatic rings. The Balaban J connectivity index is 0.000000883. The van der Waals surface area contributed by atoms with E-state index in [0.29, 0.717) is 35.1 Å². The molecule has 18 heteroatoms. The maximum atomic E-state index is 12.9. The van der Waals surface area contributed by atoms with Crippen molar-refractivity contribution in [1.29, 1.82) is 0 Å². The minimum absolute atomic E-state index is 0.0993. The number of hydrogen-bond donors (Lipinski definition) is 5. The second-order valence-electron chi connectivity index (χ2n) is 8.80. The van der Waals surface area contributed by atoms with Crippen molar-refractivity contribution in [3.8, 4) is 5.75 Å². The fraction of sp³-hybridized carbons (Fsp3) is 0.348. The maximum absolute atomic E-state index is 12.9. The number of guanidine groups is 2. The molecular formula is C23H31ClFN7O7S2. The Hall–Kier alpha value is -3.67. The number of carbonyl (C=O) groups is 1. The van der Waals surface area contributed by atoms with Crippen molar-refractivity contribution in [3.63, 3.8) is 0 Å². The number of anilines is 2. The van der Waals surface area contributed by atoms with Crippen LogP contribution in [-0.2, 0) is 20.3 Å². The van der Waals surface area contributed by atoms with Crippen LogP contribution in [0.4, 0.5) is 20.1 Å². The maximum Gasteiger partial charge on any atom is 0.332 e. The average Bonchev–Trinajstić information content (AvgIpc) is 2.83. The third-order valence-corrected chi connectivity index (χ3v) is 7.05. The zero-order valence-corrected chi connectivity index (χ0v) is 24.7. The molecule has 14 nitrogen and oxygen atoms in total. The van der Waals surface area contributed by atoms with E-state index in [-0.39, 0.29) is 24.3 Å². The molecule has 7 N–H and O–H groups in total. The molecule has 226 valence electrons. The van der Waals surface area contributed by atoms with Crippen LogP contribution in [0.2, 0.25) is 5.02 Å². The van der Waals surface area contributed by atoms with Crippen LogP contribution in [0, 0.1) is 0 Å². The Labute approximate surface area is 242 Å². The van der Waals surface area contributed by atoms with Gasteiger partial charge in [0.2, 0.25) is 11.9 Å². The largest absolute Gasteiger partial charge is 0.492 e. The van der Waals surface area contributed by atoms with Crippen molar-refractivity contribution in [1.82, 2.24) is 5.32 Å². The fourth-order valence-corrected chi connectivity index (χ4v) is 4.02. The van der Waals surface area contributed by atoms with Crippen LogP contribution < -0.4 is 31.7 Å². The molecule has 0 unspecified atom stereocenters. The van der Waals surface area contributed by atoms with E-state index >= 15 is 0 Å². The number of carbonyl (C=O) groups excluding carboxylic acids is 1. The van der Waals surface area contributed by atoms with Gasteiger partial charge >= 0.3 is 16.3 Å². The number of amides is 2. The normalized spacial score (nSPS) is 14.6. The van der Waals surface area contributed by atoms with E-state index in [0.717, 1.165) is 12.1 Å². The van der Waals surface area contributed by atoms with Gasteiger partial charge in [0.05, 0.1) is 22.3 Å². The first-order valence-corrected chi connectivity index (χ1v) is 15.3. The summed E-state index contributed by atoms with van der Waals surface area (Å²) in [4.78, 5) is 21.5. The number of rotatable bonds is 9. The first kappa shape index (κ1) is 33.5. The van der Waals surface area contributed by atoms with Gasteiger partial charge in [-0.05, 0) is 69.7 Å². The van der Waals surface area contributed by atoms with Gasteiger partial charge in [-0.3, -0.25) is 9.45 Å². The van der Waals surface area contributed by atoms with Crippen LogP contribution >= 0.6 is 11.6 Å². The minimum Gasteiger partial charge on any atom is -0.492 e. The van der Waals surface area contributed by atoms with Gasteiger partial charge in [-0.2, -0.15) is 21.8 Å². The topological polar surface area (TPSA) is 219 Å². The van der Waals surface area contributed by atoms with Crippen LogP contribution in [-0.4, -0.2) is 63.9 Å². The zero-order chi connectivity index (χ0) is 31.0. The van der Waals surface area contributed by atoms with E-state index in [1.807, 2.05) is 13.8 Å². The SMILES string of the molecule is CC1(C)N=C(N)N=C(N)N1c1ccc(OCCCNC(=O)Nc2ccc(S(=O)(=O)F)cc2)c(Cl)c1.CCS(=O)(=O)O. The summed E-state index contributed by atoms with van der Waals surface area (Å²) < 4.78 is 67.2. The second-order valence-corrected chi connectivity index (χ2v) is 12.3. The number of aliphatic imine (C=N–C) groups is 2. The molecule has 1 aliphatic rings. The molecule has 1 heterocycles. The Bertz CT molecular complexity index is 1520. The van der Waals surface area contributed by atoms with Gasteiger partial charge < -0.3 is 26.8 Å². The van der Waals surface area contributed by atoms with Gasteiger partial charge in [0, 0.05) is 17.9 Å². The van der Waals surface area contributed by atoms with Crippen molar-refractivity contribution >= 4 is 61.3 Å². The fourth-order valence-electron chi connectivity index (χ4n) is 3.33. The minimum atomic E-state index is -4.79. The van der Waals surface area contributed by atoms with Crippen LogP contribution in [0.15, 0.2) is 57.3 Å². The Morgan fingerprint density at radius 3 is 2.27 bits per heavy atom. The van der Waals surface area contributed by atoms with E-state index in [4.69, 9.17) is 32.4 Å². The molecular weight excluding hydrogens is 605 g/mol. The van der Waals surface area contributed by atoms with Gasteiger partial charge in [0.15, 0.2) is 0 Å². The van der Waals surface area contributed by atoms with Crippen molar-refractivity contribution in [2.75, 3.05) is 29.1 Å². The lowest BCUT2D eigenvalue weighted by Gasteiger charge is -2.38. The van der Waals surface area contributed by atoms with Crippen molar-refractivity contribution in [2.45, 2.75) is 37.8 Å². The van der Waals surface area contributed by atoms with Gasteiger partial charge in [-0.15, -0.1) is 3.89 Å². The van der Waals surface area contributed by atoms with Gasteiger partial charge in [-0.25, -0.2) is 9.79 Å². The molecule has 0 aromatic heterocycles. The predicted octanol–water partition coefficient (Wildman–Crippen LogP) is 2.67. The molecule has 41 heavy (non-hydrogen) atoms. The summed E-state index contributed by atoms with van der Waals surface area (Å²) in [6.45, 7) is 5.63. The lowest BCUT2D eigenvalue weighted by molar-refractivity contribution is 0.250. The highest BCUT2D eigenvalue weighted by Crippen LogP contribution is 2.33. The zero-order valence-electron chi connectivity index (χ0n) is 22.3. The second kappa shape index (κ2) is 13.8. The molecule has 2 amide bonds. The summed E-state index contributed by atoms with van der Waals surface area (Å²) in [5.74, 6) is 0.547.